The van der Waals surface area contributed by atoms with E-state index in [0.717, 1.165) is 0 Å². The molecule has 1 aromatic carbocycles. The number of aliphatic hydroxyl groups is 1. The Morgan fingerprint density at radius 3 is 2.55 bits per heavy atom. The topological polar surface area (TPSA) is 58.6 Å². The second-order valence-electron chi connectivity index (χ2n) is 5.68. The maximum absolute atomic E-state index is 12.1. The summed E-state index contributed by atoms with van der Waals surface area (Å²) in [6.45, 7) is 6.61. The highest BCUT2D eigenvalue weighted by atomic mass is 16.5. The number of hydrogen-bond donors (Lipinski definition) is 2. The van der Waals surface area contributed by atoms with Gasteiger partial charge >= 0.3 is 0 Å². The zero-order valence-electron chi connectivity index (χ0n) is 12.6. The second kappa shape index (κ2) is 7.90. The molecule has 0 aliphatic heterocycles. The highest BCUT2D eigenvalue weighted by molar-refractivity contribution is 5.81. The molecule has 0 aromatic heterocycles. The number of hydrogen-bond acceptors (Lipinski definition) is 3. The van der Waals surface area contributed by atoms with Crippen LogP contribution in [0.3, 0.4) is 0 Å². The highest BCUT2D eigenvalue weighted by Gasteiger charge is 2.22. The molecule has 0 spiro atoms. The third-order valence-corrected chi connectivity index (χ3v) is 3.21. The Labute approximate surface area is 121 Å². The van der Waals surface area contributed by atoms with E-state index in [2.05, 4.69) is 5.32 Å². The van der Waals surface area contributed by atoms with Gasteiger partial charge < -0.3 is 15.2 Å². The van der Waals surface area contributed by atoms with Crippen molar-refractivity contribution in [1.29, 1.82) is 0 Å². The van der Waals surface area contributed by atoms with Gasteiger partial charge in [-0.3, -0.25) is 4.79 Å². The van der Waals surface area contributed by atoms with Crippen LogP contribution < -0.4 is 10.1 Å². The molecule has 0 radical (unpaired) electrons. The molecule has 0 heterocycles. The van der Waals surface area contributed by atoms with Crippen molar-refractivity contribution in [1.82, 2.24) is 5.32 Å². The van der Waals surface area contributed by atoms with Crippen LogP contribution in [0.25, 0.3) is 0 Å². The first-order valence-corrected chi connectivity index (χ1v) is 7.09. The van der Waals surface area contributed by atoms with Crippen molar-refractivity contribution >= 4 is 5.91 Å². The molecule has 1 atom stereocenters. The maximum atomic E-state index is 12.1. The van der Waals surface area contributed by atoms with Crippen LogP contribution in [0.1, 0.15) is 33.6 Å². The first-order chi connectivity index (χ1) is 9.48. The van der Waals surface area contributed by atoms with Gasteiger partial charge in [-0.25, -0.2) is 0 Å². The first-order valence-electron chi connectivity index (χ1n) is 7.09. The van der Waals surface area contributed by atoms with Crippen molar-refractivity contribution in [3.63, 3.8) is 0 Å². The van der Waals surface area contributed by atoms with Gasteiger partial charge in [0, 0.05) is 13.2 Å². The van der Waals surface area contributed by atoms with Gasteiger partial charge in [-0.05, 0) is 30.4 Å². The lowest BCUT2D eigenvalue weighted by molar-refractivity contribution is -0.128. The summed E-state index contributed by atoms with van der Waals surface area (Å²) in [7, 11) is 0. The fraction of sp³-hybridized carbons (Fsp3) is 0.562. The van der Waals surface area contributed by atoms with E-state index in [1.54, 1.807) is 0 Å². The molecular formula is C16H25NO3. The van der Waals surface area contributed by atoms with E-state index in [0.29, 0.717) is 25.1 Å². The predicted molar refractivity (Wildman–Crippen MR) is 79.6 cm³/mol. The van der Waals surface area contributed by atoms with E-state index in [1.165, 1.54) is 0 Å². The highest BCUT2D eigenvalue weighted by Crippen LogP contribution is 2.18. The van der Waals surface area contributed by atoms with Gasteiger partial charge in [-0.15, -0.1) is 0 Å². The summed E-state index contributed by atoms with van der Waals surface area (Å²) in [5, 5.41) is 11.9. The summed E-state index contributed by atoms with van der Waals surface area (Å²) in [5.74, 6) is 0.589. The van der Waals surface area contributed by atoms with Crippen LogP contribution in [0.2, 0.25) is 0 Å². The first kappa shape index (κ1) is 16.5. The van der Waals surface area contributed by atoms with Crippen LogP contribution in [0.15, 0.2) is 30.3 Å². The SMILES string of the molecule is CCC(Oc1ccccc1)C(=O)NCC(C)(C)CCO. The number of benzene rings is 1. The number of rotatable bonds is 8. The van der Waals surface area contributed by atoms with Gasteiger partial charge in [0.2, 0.25) is 0 Å². The van der Waals surface area contributed by atoms with E-state index in [4.69, 9.17) is 9.84 Å². The minimum atomic E-state index is -0.484. The van der Waals surface area contributed by atoms with E-state index in [-0.39, 0.29) is 17.9 Å². The van der Waals surface area contributed by atoms with Crippen LogP contribution in [0.4, 0.5) is 0 Å². The molecule has 1 amide bonds. The Morgan fingerprint density at radius 1 is 1.35 bits per heavy atom. The van der Waals surface area contributed by atoms with E-state index >= 15 is 0 Å². The summed E-state index contributed by atoms with van der Waals surface area (Å²) in [6.07, 6.45) is 0.785. The molecule has 0 saturated heterocycles. The molecule has 1 unspecified atom stereocenters. The van der Waals surface area contributed by atoms with E-state index < -0.39 is 6.10 Å². The Bertz CT molecular complexity index is 403. The molecule has 2 N–H and O–H groups in total. The monoisotopic (exact) mass is 279 g/mol. The summed E-state index contributed by atoms with van der Waals surface area (Å²) < 4.78 is 5.69. The Morgan fingerprint density at radius 2 is 2.00 bits per heavy atom. The van der Waals surface area contributed by atoms with Crippen LogP contribution in [0.5, 0.6) is 5.75 Å². The minimum Gasteiger partial charge on any atom is -0.481 e. The molecule has 0 bridgehead atoms. The second-order valence-corrected chi connectivity index (χ2v) is 5.68. The molecule has 20 heavy (non-hydrogen) atoms. The van der Waals surface area contributed by atoms with Crippen molar-refractivity contribution in [3.8, 4) is 5.75 Å². The largest absolute Gasteiger partial charge is 0.481 e. The molecule has 0 aliphatic carbocycles. The molecule has 4 heteroatoms. The van der Waals surface area contributed by atoms with Crippen molar-refractivity contribution in [2.24, 2.45) is 5.41 Å². The quantitative estimate of drug-likeness (QED) is 0.768. The Hall–Kier alpha value is -1.55. The molecule has 0 aliphatic rings. The number of carbonyl (C=O) groups is 1. The molecule has 0 saturated carbocycles. The van der Waals surface area contributed by atoms with Crippen LogP contribution in [0, 0.1) is 5.41 Å². The fourth-order valence-electron chi connectivity index (χ4n) is 1.82. The summed E-state index contributed by atoms with van der Waals surface area (Å²) in [6, 6.07) is 9.34. The number of carbonyl (C=O) groups excluding carboxylic acids is 1. The fourth-order valence-corrected chi connectivity index (χ4v) is 1.82. The lowest BCUT2D eigenvalue weighted by atomic mass is 9.89. The Balaban J connectivity index is 2.51. The van der Waals surface area contributed by atoms with Crippen LogP contribution in [-0.2, 0) is 4.79 Å². The average molecular weight is 279 g/mol. The van der Waals surface area contributed by atoms with Crippen molar-refractivity contribution < 1.29 is 14.6 Å². The van der Waals surface area contributed by atoms with Gasteiger partial charge in [0.15, 0.2) is 6.10 Å². The Kier molecular flexibility index (Phi) is 6.52. The number of ether oxygens (including phenoxy) is 1. The van der Waals surface area contributed by atoms with Gasteiger partial charge in [-0.1, -0.05) is 39.0 Å². The zero-order valence-corrected chi connectivity index (χ0v) is 12.6. The van der Waals surface area contributed by atoms with E-state index in [1.807, 2.05) is 51.1 Å². The average Bonchev–Trinajstić information content (AvgIpc) is 2.43. The maximum Gasteiger partial charge on any atom is 0.261 e. The molecular weight excluding hydrogens is 254 g/mol. The number of aliphatic hydroxyl groups excluding tert-OH is 1. The standard InChI is InChI=1S/C16H25NO3/c1-4-14(20-13-8-6-5-7-9-13)15(19)17-12-16(2,3)10-11-18/h5-9,14,18H,4,10-12H2,1-3H3,(H,17,19). The summed E-state index contributed by atoms with van der Waals surface area (Å²) >= 11 is 0. The lowest BCUT2D eigenvalue weighted by Gasteiger charge is -2.25. The molecule has 112 valence electrons. The van der Waals surface area contributed by atoms with Gasteiger partial charge in [-0.2, -0.15) is 0 Å². The van der Waals surface area contributed by atoms with Crippen molar-refractivity contribution in [2.45, 2.75) is 39.7 Å². The molecule has 1 aromatic rings. The predicted octanol–water partition coefficient (Wildman–Crippen LogP) is 2.37. The minimum absolute atomic E-state index is 0.109. The lowest BCUT2D eigenvalue weighted by Crippen LogP contribution is -2.42. The van der Waals surface area contributed by atoms with Crippen molar-refractivity contribution in [2.75, 3.05) is 13.2 Å². The normalized spacial score (nSPS) is 12.8. The zero-order chi connectivity index (χ0) is 15.0. The van der Waals surface area contributed by atoms with Gasteiger partial charge in [0.25, 0.3) is 5.91 Å². The van der Waals surface area contributed by atoms with Gasteiger partial charge in [0.1, 0.15) is 5.75 Å². The number of para-hydroxylation sites is 1. The molecule has 1 rings (SSSR count). The molecule has 4 nitrogen and oxygen atoms in total. The number of amides is 1. The third kappa shape index (κ3) is 5.61. The van der Waals surface area contributed by atoms with E-state index in [9.17, 15) is 4.79 Å². The smallest absolute Gasteiger partial charge is 0.261 e. The van der Waals surface area contributed by atoms with Crippen molar-refractivity contribution in [3.05, 3.63) is 30.3 Å². The summed E-state index contributed by atoms with van der Waals surface area (Å²) in [5.41, 5.74) is -0.116. The summed E-state index contributed by atoms with van der Waals surface area (Å²) in [4.78, 5) is 12.1. The molecule has 0 fully saturated rings. The van der Waals surface area contributed by atoms with Gasteiger partial charge in [0.05, 0.1) is 0 Å². The third-order valence-electron chi connectivity index (χ3n) is 3.21. The van der Waals surface area contributed by atoms with Crippen LogP contribution in [-0.4, -0.2) is 30.3 Å². The van der Waals surface area contributed by atoms with Crippen LogP contribution >= 0.6 is 0 Å². The number of nitrogens with one attached hydrogen (secondary N) is 1.